The first-order valence-corrected chi connectivity index (χ1v) is 9.42. The Morgan fingerprint density at radius 3 is 2.00 bits per heavy atom. The van der Waals surface area contributed by atoms with Gasteiger partial charge in [0.2, 0.25) is 5.75 Å². The van der Waals surface area contributed by atoms with Gasteiger partial charge in [-0.25, -0.2) is 0 Å². The monoisotopic (exact) mass is 417 g/mol. The van der Waals surface area contributed by atoms with Gasteiger partial charge in [0.1, 0.15) is 5.69 Å². The number of ether oxygens (including phenoxy) is 3. The van der Waals surface area contributed by atoms with Crippen LogP contribution in [-0.2, 0) is 7.05 Å². The fraction of sp³-hybridized carbons (Fsp3) is 0.381. The molecule has 0 aliphatic rings. The number of hydrogen-bond acceptors (Lipinski definition) is 6. The Kier molecular flexibility index (Phi) is 7.46. The third-order valence-electron chi connectivity index (χ3n) is 4.66. The lowest BCUT2D eigenvalue weighted by atomic mass is 10.1. The SMILES string of the molecule is CCN(CC)C(=O)c1cc(NC(=O)c2cc(OC)c(OC)c(OC)c2)c(=O)n(C)c1. The van der Waals surface area contributed by atoms with Crippen LogP contribution in [0.5, 0.6) is 17.2 Å². The molecule has 0 unspecified atom stereocenters. The molecular weight excluding hydrogens is 390 g/mol. The summed E-state index contributed by atoms with van der Waals surface area (Å²) < 4.78 is 17.0. The van der Waals surface area contributed by atoms with Crippen LogP contribution < -0.4 is 25.1 Å². The van der Waals surface area contributed by atoms with Gasteiger partial charge in [-0.3, -0.25) is 14.4 Å². The highest BCUT2D eigenvalue weighted by molar-refractivity contribution is 6.05. The molecule has 1 N–H and O–H groups in total. The lowest BCUT2D eigenvalue weighted by Crippen LogP contribution is -2.32. The van der Waals surface area contributed by atoms with E-state index in [0.717, 1.165) is 0 Å². The summed E-state index contributed by atoms with van der Waals surface area (Å²) in [5.74, 6) is 0.178. The number of methoxy groups -OCH3 is 3. The Labute approximate surface area is 175 Å². The van der Waals surface area contributed by atoms with Crippen molar-refractivity contribution < 1.29 is 23.8 Å². The molecule has 0 atom stereocenters. The Morgan fingerprint density at radius 1 is 0.967 bits per heavy atom. The number of aryl methyl sites for hydroxylation is 1. The maximum Gasteiger partial charge on any atom is 0.274 e. The molecule has 0 bridgehead atoms. The van der Waals surface area contributed by atoms with Crippen molar-refractivity contribution in [2.45, 2.75) is 13.8 Å². The number of nitrogens with zero attached hydrogens (tertiary/aromatic N) is 2. The number of nitrogens with one attached hydrogen (secondary N) is 1. The molecule has 0 aliphatic carbocycles. The van der Waals surface area contributed by atoms with Crippen molar-refractivity contribution in [2.75, 3.05) is 39.7 Å². The predicted molar refractivity (Wildman–Crippen MR) is 113 cm³/mol. The Hall–Kier alpha value is -3.49. The van der Waals surface area contributed by atoms with Crippen LogP contribution in [-0.4, -0.2) is 55.7 Å². The molecule has 1 aromatic heterocycles. The second kappa shape index (κ2) is 9.82. The molecule has 0 saturated heterocycles. The highest BCUT2D eigenvalue weighted by atomic mass is 16.5. The summed E-state index contributed by atoms with van der Waals surface area (Å²) in [6.45, 7) is 4.81. The van der Waals surface area contributed by atoms with E-state index in [0.29, 0.717) is 35.9 Å². The first kappa shape index (κ1) is 22.8. The minimum Gasteiger partial charge on any atom is -0.493 e. The van der Waals surface area contributed by atoms with Gasteiger partial charge in [0.05, 0.1) is 26.9 Å². The van der Waals surface area contributed by atoms with Crippen LogP contribution in [0.4, 0.5) is 5.69 Å². The number of benzene rings is 1. The predicted octanol–water partition coefficient (Wildman–Crippen LogP) is 2.15. The highest BCUT2D eigenvalue weighted by Gasteiger charge is 2.20. The largest absolute Gasteiger partial charge is 0.493 e. The van der Waals surface area contributed by atoms with Crippen LogP contribution in [0.2, 0.25) is 0 Å². The van der Waals surface area contributed by atoms with E-state index < -0.39 is 11.5 Å². The van der Waals surface area contributed by atoms with Crippen LogP contribution in [0.3, 0.4) is 0 Å². The van der Waals surface area contributed by atoms with E-state index in [9.17, 15) is 14.4 Å². The Bertz CT molecular complexity index is 970. The molecule has 0 fully saturated rings. The van der Waals surface area contributed by atoms with Crippen LogP contribution in [0.25, 0.3) is 0 Å². The molecule has 0 saturated carbocycles. The third-order valence-corrected chi connectivity index (χ3v) is 4.66. The lowest BCUT2D eigenvalue weighted by Gasteiger charge is -2.19. The fourth-order valence-electron chi connectivity index (χ4n) is 3.02. The van der Waals surface area contributed by atoms with Gasteiger partial charge in [-0.1, -0.05) is 0 Å². The fourth-order valence-corrected chi connectivity index (χ4v) is 3.02. The number of hydrogen-bond donors (Lipinski definition) is 1. The van der Waals surface area contributed by atoms with Gasteiger partial charge in [-0.2, -0.15) is 0 Å². The van der Waals surface area contributed by atoms with Gasteiger partial charge >= 0.3 is 0 Å². The van der Waals surface area contributed by atoms with E-state index in [1.165, 1.54) is 57.3 Å². The first-order valence-electron chi connectivity index (χ1n) is 9.42. The summed E-state index contributed by atoms with van der Waals surface area (Å²) in [5.41, 5.74) is 0.0640. The molecule has 2 amide bonds. The number of aromatic nitrogens is 1. The van der Waals surface area contributed by atoms with Crippen LogP contribution in [0.1, 0.15) is 34.6 Å². The van der Waals surface area contributed by atoms with Gasteiger partial charge in [-0.15, -0.1) is 0 Å². The molecule has 0 radical (unpaired) electrons. The molecule has 1 aromatic carbocycles. The second-order valence-corrected chi connectivity index (χ2v) is 6.40. The molecule has 9 heteroatoms. The minimum absolute atomic E-state index is 0.00532. The van der Waals surface area contributed by atoms with Crippen molar-refractivity contribution in [2.24, 2.45) is 7.05 Å². The van der Waals surface area contributed by atoms with Crippen molar-refractivity contribution in [1.82, 2.24) is 9.47 Å². The molecule has 0 aliphatic heterocycles. The molecule has 30 heavy (non-hydrogen) atoms. The summed E-state index contributed by atoms with van der Waals surface area (Å²) in [4.78, 5) is 39.7. The zero-order valence-electron chi connectivity index (χ0n) is 18.1. The molecular formula is C21H27N3O6. The maximum absolute atomic E-state index is 12.8. The number of carbonyl (C=O) groups is 2. The van der Waals surface area contributed by atoms with Gasteiger partial charge in [0.25, 0.3) is 17.4 Å². The summed E-state index contributed by atoms with van der Waals surface area (Å²) in [7, 11) is 5.87. The summed E-state index contributed by atoms with van der Waals surface area (Å²) in [6.07, 6.45) is 1.46. The number of pyridine rings is 1. The van der Waals surface area contributed by atoms with E-state index in [1.807, 2.05) is 13.8 Å². The Morgan fingerprint density at radius 2 is 1.53 bits per heavy atom. The van der Waals surface area contributed by atoms with Gasteiger partial charge in [-0.05, 0) is 32.0 Å². The first-order chi connectivity index (χ1) is 14.3. The highest BCUT2D eigenvalue weighted by Crippen LogP contribution is 2.38. The quantitative estimate of drug-likeness (QED) is 0.707. The van der Waals surface area contributed by atoms with Crippen molar-refractivity contribution in [3.63, 3.8) is 0 Å². The normalized spacial score (nSPS) is 10.3. The summed E-state index contributed by atoms with van der Waals surface area (Å²) >= 11 is 0. The average molecular weight is 417 g/mol. The van der Waals surface area contributed by atoms with E-state index in [1.54, 1.807) is 4.90 Å². The summed E-state index contributed by atoms with van der Waals surface area (Å²) in [5, 5.41) is 2.58. The van der Waals surface area contributed by atoms with Crippen molar-refractivity contribution >= 4 is 17.5 Å². The van der Waals surface area contributed by atoms with Crippen LogP contribution >= 0.6 is 0 Å². The third kappa shape index (κ3) is 4.56. The average Bonchev–Trinajstić information content (AvgIpc) is 2.76. The van der Waals surface area contributed by atoms with Crippen molar-refractivity contribution in [3.8, 4) is 17.2 Å². The lowest BCUT2D eigenvalue weighted by molar-refractivity contribution is 0.0771. The minimum atomic E-state index is -0.557. The molecule has 0 spiro atoms. The van der Waals surface area contributed by atoms with E-state index in [4.69, 9.17) is 14.2 Å². The van der Waals surface area contributed by atoms with E-state index in [2.05, 4.69) is 5.32 Å². The standard InChI is InChI=1S/C21H27N3O6/c1-7-24(8-2)20(26)14-9-15(21(27)23(3)12-14)22-19(25)13-10-16(28-4)18(30-6)17(11-13)29-5/h9-12H,7-8H2,1-6H3,(H,22,25). The zero-order valence-corrected chi connectivity index (χ0v) is 18.1. The zero-order chi connectivity index (χ0) is 22.4. The molecule has 9 nitrogen and oxygen atoms in total. The van der Waals surface area contributed by atoms with E-state index >= 15 is 0 Å². The van der Waals surface area contributed by atoms with Crippen molar-refractivity contribution in [1.29, 1.82) is 0 Å². The number of anilines is 1. The maximum atomic E-state index is 12.8. The second-order valence-electron chi connectivity index (χ2n) is 6.40. The van der Waals surface area contributed by atoms with Crippen LogP contribution in [0, 0.1) is 0 Å². The smallest absolute Gasteiger partial charge is 0.274 e. The number of carbonyl (C=O) groups excluding carboxylic acids is 2. The number of amides is 2. The molecule has 162 valence electrons. The van der Waals surface area contributed by atoms with Gasteiger partial charge in [0.15, 0.2) is 11.5 Å². The molecule has 2 rings (SSSR count). The van der Waals surface area contributed by atoms with Gasteiger partial charge < -0.3 is 29.0 Å². The van der Waals surface area contributed by atoms with E-state index in [-0.39, 0.29) is 17.2 Å². The number of rotatable bonds is 8. The van der Waals surface area contributed by atoms with Crippen LogP contribution in [0.15, 0.2) is 29.2 Å². The van der Waals surface area contributed by atoms with Crippen molar-refractivity contribution in [3.05, 3.63) is 45.9 Å². The Balaban J connectivity index is 2.44. The van der Waals surface area contributed by atoms with Gasteiger partial charge in [0, 0.05) is 31.9 Å². The summed E-state index contributed by atoms with van der Waals surface area (Å²) in [6, 6.07) is 4.34. The topological polar surface area (TPSA) is 99.1 Å². The molecule has 2 aromatic rings. The molecule has 1 heterocycles.